The Labute approximate surface area is 137 Å². The quantitative estimate of drug-likeness (QED) is 0.771. The molecule has 0 saturated carbocycles. The highest BCUT2D eigenvalue weighted by Crippen LogP contribution is 2.16. The van der Waals surface area contributed by atoms with Crippen LogP contribution in [0.25, 0.3) is 0 Å². The van der Waals surface area contributed by atoms with Gasteiger partial charge in [-0.05, 0) is 32.6 Å². The van der Waals surface area contributed by atoms with Crippen molar-refractivity contribution in [1.82, 2.24) is 25.1 Å². The molecule has 0 unspecified atom stereocenters. The van der Waals surface area contributed by atoms with Crippen molar-refractivity contribution in [1.29, 1.82) is 0 Å². The van der Waals surface area contributed by atoms with Gasteiger partial charge in [-0.3, -0.25) is 4.79 Å². The van der Waals surface area contributed by atoms with Crippen molar-refractivity contribution < 1.29 is 9.59 Å². The smallest absolute Gasteiger partial charge is 0.317 e. The number of imidazole rings is 1. The van der Waals surface area contributed by atoms with Gasteiger partial charge in [0.25, 0.3) is 0 Å². The Morgan fingerprint density at radius 3 is 2.91 bits per heavy atom. The lowest BCUT2D eigenvalue weighted by Gasteiger charge is -2.31. The fraction of sp³-hybridized carbons (Fsp3) is 0.688. The minimum atomic E-state index is -0.0799. The molecule has 0 spiro atoms. The van der Waals surface area contributed by atoms with E-state index in [1.54, 1.807) is 18.1 Å². The number of hydrogen-bond donors (Lipinski definition) is 2. The van der Waals surface area contributed by atoms with E-state index in [0.29, 0.717) is 13.1 Å². The number of nitrogens with one attached hydrogen (secondary N) is 2. The molecule has 2 heterocycles. The summed E-state index contributed by atoms with van der Waals surface area (Å²) in [6, 6.07) is -0.0579. The summed E-state index contributed by atoms with van der Waals surface area (Å²) in [5.74, 6) is 0.963. The van der Waals surface area contributed by atoms with Gasteiger partial charge in [-0.2, -0.15) is 0 Å². The lowest BCUT2D eigenvalue weighted by Crippen LogP contribution is -2.48. The van der Waals surface area contributed by atoms with Crippen molar-refractivity contribution in [3.8, 4) is 0 Å². The van der Waals surface area contributed by atoms with Gasteiger partial charge in [-0.15, -0.1) is 0 Å². The van der Waals surface area contributed by atoms with Crippen molar-refractivity contribution in [2.24, 2.45) is 5.92 Å². The largest absolute Gasteiger partial charge is 0.359 e. The van der Waals surface area contributed by atoms with E-state index in [9.17, 15) is 9.59 Å². The van der Waals surface area contributed by atoms with Gasteiger partial charge < -0.3 is 20.1 Å². The van der Waals surface area contributed by atoms with Crippen LogP contribution in [0.3, 0.4) is 0 Å². The second-order valence-electron chi connectivity index (χ2n) is 6.01. The second-order valence-corrected chi connectivity index (χ2v) is 6.01. The van der Waals surface area contributed by atoms with Crippen molar-refractivity contribution >= 4 is 11.9 Å². The molecule has 0 bridgehead atoms. The minimum absolute atomic E-state index is 0.0261. The Morgan fingerprint density at radius 1 is 1.39 bits per heavy atom. The van der Waals surface area contributed by atoms with Crippen LogP contribution >= 0.6 is 0 Å². The van der Waals surface area contributed by atoms with E-state index in [1.165, 1.54) is 0 Å². The molecule has 0 aromatic carbocycles. The zero-order chi connectivity index (χ0) is 16.7. The molecule has 2 rings (SSSR count). The molecular weight excluding hydrogens is 294 g/mol. The predicted octanol–water partition coefficient (Wildman–Crippen LogP) is 1.14. The fourth-order valence-electron chi connectivity index (χ4n) is 2.93. The maximum Gasteiger partial charge on any atom is 0.317 e. The summed E-state index contributed by atoms with van der Waals surface area (Å²) in [4.78, 5) is 29.8. The third kappa shape index (κ3) is 4.97. The number of nitrogens with zero attached hydrogens (tertiary/aromatic N) is 3. The van der Waals surface area contributed by atoms with Crippen LogP contribution in [-0.4, -0.2) is 53.1 Å². The Kier molecular flexibility index (Phi) is 6.43. The third-order valence-electron chi connectivity index (χ3n) is 4.35. The molecule has 1 aromatic rings. The molecule has 1 aliphatic heterocycles. The van der Waals surface area contributed by atoms with Crippen LogP contribution in [0.2, 0.25) is 0 Å². The molecule has 23 heavy (non-hydrogen) atoms. The number of carbonyl (C=O) groups is 2. The third-order valence-corrected chi connectivity index (χ3v) is 4.35. The van der Waals surface area contributed by atoms with E-state index in [2.05, 4.69) is 20.2 Å². The number of aryl methyl sites for hydroxylation is 2. The molecule has 2 N–H and O–H groups in total. The Balaban J connectivity index is 1.64. The Hall–Kier alpha value is -2.05. The van der Waals surface area contributed by atoms with Gasteiger partial charge in [-0.25, -0.2) is 9.78 Å². The Morgan fingerprint density at radius 2 is 2.22 bits per heavy atom. The van der Waals surface area contributed by atoms with Crippen LogP contribution in [0, 0.1) is 12.8 Å². The molecule has 1 saturated heterocycles. The second kappa shape index (κ2) is 8.55. The molecule has 128 valence electrons. The zero-order valence-electron chi connectivity index (χ0n) is 14.0. The number of unbranched alkanes of at least 4 members (excludes halogenated alkanes) is 1. The molecule has 7 heteroatoms. The van der Waals surface area contributed by atoms with E-state index in [0.717, 1.165) is 44.6 Å². The van der Waals surface area contributed by atoms with Crippen LogP contribution < -0.4 is 10.6 Å². The lowest BCUT2D eigenvalue weighted by atomic mass is 9.97. The van der Waals surface area contributed by atoms with Gasteiger partial charge in [0, 0.05) is 45.6 Å². The van der Waals surface area contributed by atoms with Crippen molar-refractivity contribution in [3.63, 3.8) is 0 Å². The topological polar surface area (TPSA) is 79.3 Å². The van der Waals surface area contributed by atoms with Gasteiger partial charge in [0.05, 0.1) is 5.92 Å². The molecule has 1 atom stereocenters. The van der Waals surface area contributed by atoms with Gasteiger partial charge in [0.2, 0.25) is 5.91 Å². The monoisotopic (exact) mass is 321 g/mol. The number of likely N-dealkylation sites (tertiary alicyclic amines) is 1. The first-order valence-corrected chi connectivity index (χ1v) is 8.34. The number of urea groups is 1. The summed E-state index contributed by atoms with van der Waals surface area (Å²) in [6.45, 7) is 4.81. The predicted molar refractivity (Wildman–Crippen MR) is 88.0 cm³/mol. The summed E-state index contributed by atoms with van der Waals surface area (Å²) in [7, 11) is 1.64. The van der Waals surface area contributed by atoms with Crippen molar-refractivity contribution in [2.45, 2.75) is 39.2 Å². The SMILES string of the molecule is CNC(=O)[C@@H]1CCCN(C(=O)NCCCCn2ccnc2C)C1. The van der Waals surface area contributed by atoms with Crippen molar-refractivity contribution in [2.75, 3.05) is 26.7 Å². The number of amides is 3. The molecule has 0 radical (unpaired) electrons. The molecule has 7 nitrogen and oxygen atoms in total. The fourth-order valence-corrected chi connectivity index (χ4v) is 2.93. The van der Waals surface area contributed by atoms with Crippen LogP contribution in [0.15, 0.2) is 12.4 Å². The molecule has 1 aliphatic rings. The van der Waals surface area contributed by atoms with Crippen LogP contribution in [0.1, 0.15) is 31.5 Å². The number of hydrogen-bond acceptors (Lipinski definition) is 3. The molecule has 3 amide bonds. The molecular formula is C16H27N5O2. The van der Waals surface area contributed by atoms with E-state index in [-0.39, 0.29) is 17.9 Å². The highest BCUT2D eigenvalue weighted by Gasteiger charge is 2.27. The number of piperidine rings is 1. The van der Waals surface area contributed by atoms with E-state index in [4.69, 9.17) is 0 Å². The van der Waals surface area contributed by atoms with Gasteiger partial charge in [-0.1, -0.05) is 0 Å². The van der Waals surface area contributed by atoms with Gasteiger partial charge in [0.15, 0.2) is 0 Å². The summed E-state index contributed by atoms with van der Waals surface area (Å²) in [6.07, 6.45) is 7.43. The highest BCUT2D eigenvalue weighted by molar-refractivity contribution is 5.80. The maximum atomic E-state index is 12.2. The first-order chi connectivity index (χ1) is 11.1. The van der Waals surface area contributed by atoms with E-state index < -0.39 is 0 Å². The zero-order valence-corrected chi connectivity index (χ0v) is 14.0. The van der Waals surface area contributed by atoms with Gasteiger partial charge >= 0.3 is 6.03 Å². The summed E-state index contributed by atoms with van der Waals surface area (Å²) >= 11 is 0. The number of carbonyl (C=O) groups excluding carboxylic acids is 2. The average Bonchev–Trinajstić information content (AvgIpc) is 2.98. The van der Waals surface area contributed by atoms with Crippen LogP contribution in [0.5, 0.6) is 0 Å². The first-order valence-electron chi connectivity index (χ1n) is 8.34. The van der Waals surface area contributed by atoms with Crippen LogP contribution in [0.4, 0.5) is 4.79 Å². The van der Waals surface area contributed by atoms with Gasteiger partial charge in [0.1, 0.15) is 5.82 Å². The highest BCUT2D eigenvalue weighted by atomic mass is 16.2. The van der Waals surface area contributed by atoms with E-state index in [1.807, 2.05) is 13.1 Å². The summed E-state index contributed by atoms with van der Waals surface area (Å²) < 4.78 is 2.11. The normalized spacial score (nSPS) is 17.8. The summed E-state index contributed by atoms with van der Waals surface area (Å²) in [5.41, 5.74) is 0. The summed E-state index contributed by atoms with van der Waals surface area (Å²) in [5, 5.41) is 5.62. The molecule has 1 aromatic heterocycles. The van der Waals surface area contributed by atoms with Crippen LogP contribution in [-0.2, 0) is 11.3 Å². The molecule has 0 aliphatic carbocycles. The lowest BCUT2D eigenvalue weighted by molar-refractivity contribution is -0.125. The Bertz CT molecular complexity index is 528. The number of rotatable bonds is 6. The minimum Gasteiger partial charge on any atom is -0.359 e. The standard InChI is InChI=1S/C16H27N5O2/c1-13-18-8-11-20(13)9-4-3-7-19-16(23)21-10-5-6-14(12-21)15(22)17-2/h8,11,14H,3-7,9-10,12H2,1-2H3,(H,17,22)(H,19,23)/t14-/m1/s1. The van der Waals surface area contributed by atoms with Crippen molar-refractivity contribution in [3.05, 3.63) is 18.2 Å². The maximum absolute atomic E-state index is 12.2. The number of aromatic nitrogens is 2. The first kappa shape index (κ1) is 17.3. The van der Waals surface area contributed by atoms with E-state index >= 15 is 0 Å². The molecule has 1 fully saturated rings. The average molecular weight is 321 g/mol.